The van der Waals surface area contributed by atoms with Crippen LogP contribution in [0.15, 0.2) is 59.5 Å². The number of nitrogens with zero attached hydrogens (tertiary/aromatic N) is 1. The Morgan fingerprint density at radius 1 is 0.848 bits per heavy atom. The molecule has 174 valence electrons. The van der Waals surface area contributed by atoms with Crippen LogP contribution >= 0.6 is 0 Å². The van der Waals surface area contributed by atoms with Crippen LogP contribution in [0.5, 0.6) is 11.5 Å². The highest BCUT2D eigenvalue weighted by Crippen LogP contribution is 2.32. The van der Waals surface area contributed by atoms with Crippen LogP contribution in [0.1, 0.15) is 27.0 Å². The molecule has 0 aliphatic heterocycles. The van der Waals surface area contributed by atoms with Gasteiger partial charge in [-0.1, -0.05) is 17.7 Å². The van der Waals surface area contributed by atoms with Gasteiger partial charge in [-0.2, -0.15) is 0 Å². The Morgan fingerprint density at radius 2 is 1.42 bits per heavy atom. The van der Waals surface area contributed by atoms with Crippen LogP contribution in [0.25, 0.3) is 0 Å². The van der Waals surface area contributed by atoms with Gasteiger partial charge in [-0.3, -0.25) is 9.10 Å². The molecule has 8 heteroatoms. The van der Waals surface area contributed by atoms with Crippen LogP contribution in [0.4, 0.5) is 11.4 Å². The van der Waals surface area contributed by atoms with Crippen molar-refractivity contribution < 1.29 is 22.7 Å². The van der Waals surface area contributed by atoms with Crippen LogP contribution < -0.4 is 19.1 Å². The molecule has 0 bridgehead atoms. The Balaban J connectivity index is 1.82. The fourth-order valence-electron chi connectivity index (χ4n) is 3.66. The molecule has 0 radical (unpaired) electrons. The van der Waals surface area contributed by atoms with Gasteiger partial charge in [0, 0.05) is 24.4 Å². The van der Waals surface area contributed by atoms with Crippen molar-refractivity contribution in [1.82, 2.24) is 0 Å². The highest BCUT2D eigenvalue weighted by Gasteiger charge is 2.23. The second-order valence-electron chi connectivity index (χ2n) is 7.76. The SMILES string of the molecule is COc1ccc(S(=O)(=O)N(C)c2ccc(C(=O)Nc3c(C)cc(C)cc3C)cc2)cc1OC. The molecule has 3 aromatic rings. The first kappa shape index (κ1) is 24.1. The standard InChI is InChI=1S/C25H28N2O5S/c1-16-13-17(2)24(18(3)14-16)26-25(28)19-7-9-20(10-8-19)27(4)33(29,30)21-11-12-22(31-5)23(15-21)32-6/h7-15H,1-6H3,(H,26,28). The van der Waals surface area contributed by atoms with Crippen molar-refractivity contribution in [2.24, 2.45) is 0 Å². The zero-order valence-corrected chi connectivity index (χ0v) is 20.4. The second kappa shape index (κ2) is 9.54. The Hall–Kier alpha value is -3.52. The monoisotopic (exact) mass is 468 g/mol. The summed E-state index contributed by atoms with van der Waals surface area (Å²) in [5, 5.41) is 2.95. The third kappa shape index (κ3) is 4.96. The molecule has 0 saturated heterocycles. The Labute approximate surface area is 195 Å². The molecule has 7 nitrogen and oxygen atoms in total. The lowest BCUT2D eigenvalue weighted by molar-refractivity contribution is 0.102. The number of carbonyl (C=O) groups is 1. The van der Waals surface area contributed by atoms with Gasteiger partial charge in [0.2, 0.25) is 0 Å². The molecule has 33 heavy (non-hydrogen) atoms. The first-order valence-electron chi connectivity index (χ1n) is 10.3. The molecule has 3 aromatic carbocycles. The Morgan fingerprint density at radius 3 is 1.97 bits per heavy atom. The van der Waals surface area contributed by atoms with E-state index < -0.39 is 10.0 Å². The number of hydrogen-bond donors (Lipinski definition) is 1. The Bertz CT molecular complexity index is 1260. The summed E-state index contributed by atoms with van der Waals surface area (Å²) in [6.07, 6.45) is 0. The molecule has 0 heterocycles. The lowest BCUT2D eigenvalue weighted by Crippen LogP contribution is -2.26. The molecule has 0 spiro atoms. The molecular weight excluding hydrogens is 440 g/mol. The van der Waals surface area contributed by atoms with Crippen LogP contribution in [-0.4, -0.2) is 35.6 Å². The van der Waals surface area contributed by atoms with Crippen molar-refractivity contribution in [3.05, 3.63) is 76.9 Å². The van der Waals surface area contributed by atoms with Crippen LogP contribution in [0.2, 0.25) is 0 Å². The van der Waals surface area contributed by atoms with Gasteiger partial charge in [0.1, 0.15) is 0 Å². The van der Waals surface area contributed by atoms with E-state index in [0.717, 1.165) is 26.7 Å². The van der Waals surface area contributed by atoms with Gasteiger partial charge >= 0.3 is 0 Å². The molecule has 0 atom stereocenters. The van der Waals surface area contributed by atoms with Gasteiger partial charge < -0.3 is 14.8 Å². The van der Waals surface area contributed by atoms with Gasteiger partial charge in [0.05, 0.1) is 24.8 Å². The maximum Gasteiger partial charge on any atom is 0.264 e. The van der Waals surface area contributed by atoms with Crippen LogP contribution in [0, 0.1) is 20.8 Å². The first-order chi connectivity index (χ1) is 15.6. The predicted molar refractivity (Wildman–Crippen MR) is 130 cm³/mol. The zero-order chi connectivity index (χ0) is 24.3. The Kier molecular flexibility index (Phi) is 6.98. The molecule has 0 unspecified atom stereocenters. The normalized spacial score (nSPS) is 11.1. The van der Waals surface area contributed by atoms with E-state index in [9.17, 15) is 13.2 Å². The molecular formula is C25H28N2O5S. The number of benzene rings is 3. The van der Waals surface area contributed by atoms with Crippen molar-refractivity contribution in [3.8, 4) is 11.5 Å². The average molecular weight is 469 g/mol. The van der Waals surface area contributed by atoms with Crippen LogP contribution in [-0.2, 0) is 10.0 Å². The zero-order valence-electron chi connectivity index (χ0n) is 19.6. The molecule has 0 fully saturated rings. The minimum atomic E-state index is -3.85. The van der Waals surface area contributed by atoms with Gasteiger partial charge in [0.15, 0.2) is 11.5 Å². The van der Waals surface area contributed by atoms with E-state index in [1.54, 1.807) is 30.3 Å². The van der Waals surface area contributed by atoms with Crippen molar-refractivity contribution in [2.45, 2.75) is 25.7 Å². The maximum absolute atomic E-state index is 13.1. The van der Waals surface area contributed by atoms with Crippen molar-refractivity contribution in [2.75, 3.05) is 30.9 Å². The van der Waals surface area contributed by atoms with E-state index in [1.165, 1.54) is 33.4 Å². The fourth-order valence-corrected chi connectivity index (χ4v) is 4.87. The number of nitrogens with one attached hydrogen (secondary N) is 1. The quantitative estimate of drug-likeness (QED) is 0.543. The summed E-state index contributed by atoms with van der Waals surface area (Å²) in [7, 11) is 0.538. The largest absolute Gasteiger partial charge is 0.493 e. The molecule has 0 aliphatic rings. The molecule has 1 N–H and O–H groups in total. The highest BCUT2D eigenvalue weighted by atomic mass is 32.2. The minimum absolute atomic E-state index is 0.0646. The van der Waals surface area contributed by atoms with E-state index in [4.69, 9.17) is 9.47 Å². The summed E-state index contributed by atoms with van der Waals surface area (Å²) in [4.78, 5) is 12.8. The second-order valence-corrected chi connectivity index (χ2v) is 9.73. The molecule has 0 aromatic heterocycles. The lowest BCUT2D eigenvalue weighted by atomic mass is 10.0. The maximum atomic E-state index is 13.1. The topological polar surface area (TPSA) is 84.9 Å². The number of sulfonamides is 1. The minimum Gasteiger partial charge on any atom is -0.493 e. The van der Waals surface area contributed by atoms with Crippen molar-refractivity contribution in [1.29, 1.82) is 0 Å². The number of hydrogen-bond acceptors (Lipinski definition) is 5. The van der Waals surface area contributed by atoms with Gasteiger partial charge in [0.25, 0.3) is 15.9 Å². The third-order valence-electron chi connectivity index (χ3n) is 5.42. The van der Waals surface area contributed by atoms with Crippen molar-refractivity contribution in [3.63, 3.8) is 0 Å². The summed E-state index contributed by atoms with van der Waals surface area (Å²) in [5.74, 6) is 0.496. The van der Waals surface area contributed by atoms with E-state index in [-0.39, 0.29) is 10.8 Å². The van der Waals surface area contributed by atoms with Gasteiger partial charge in [-0.05, 0) is 68.3 Å². The number of carbonyl (C=O) groups excluding carboxylic acids is 1. The smallest absolute Gasteiger partial charge is 0.264 e. The summed E-state index contributed by atoms with van der Waals surface area (Å²) in [6, 6.07) is 14.8. The van der Waals surface area contributed by atoms with Gasteiger partial charge in [-0.15, -0.1) is 0 Å². The summed E-state index contributed by atoms with van der Waals surface area (Å²) in [6.45, 7) is 5.91. The molecule has 0 saturated carbocycles. The molecule has 0 aliphatic carbocycles. The number of anilines is 2. The van der Waals surface area contributed by atoms with E-state index in [1.807, 2.05) is 32.9 Å². The summed E-state index contributed by atoms with van der Waals surface area (Å²) >= 11 is 0. The van der Waals surface area contributed by atoms with Crippen LogP contribution in [0.3, 0.4) is 0 Å². The highest BCUT2D eigenvalue weighted by molar-refractivity contribution is 7.92. The predicted octanol–water partition coefficient (Wildman–Crippen LogP) is 4.71. The van der Waals surface area contributed by atoms with E-state index in [0.29, 0.717) is 22.7 Å². The van der Waals surface area contributed by atoms with Crippen molar-refractivity contribution >= 4 is 27.3 Å². The molecule has 3 rings (SSSR count). The summed E-state index contributed by atoms with van der Waals surface area (Å²) < 4.78 is 37.8. The lowest BCUT2D eigenvalue weighted by Gasteiger charge is -2.20. The average Bonchev–Trinajstić information content (AvgIpc) is 2.80. The number of ether oxygens (including phenoxy) is 2. The number of aryl methyl sites for hydroxylation is 3. The fraction of sp³-hybridized carbons (Fsp3) is 0.240. The number of amides is 1. The first-order valence-corrected chi connectivity index (χ1v) is 11.7. The molecule has 1 amide bonds. The number of methoxy groups -OCH3 is 2. The van der Waals surface area contributed by atoms with E-state index in [2.05, 4.69) is 5.32 Å². The summed E-state index contributed by atoms with van der Waals surface area (Å²) in [5.41, 5.74) is 4.73. The van der Waals surface area contributed by atoms with E-state index >= 15 is 0 Å². The number of rotatable bonds is 7. The third-order valence-corrected chi connectivity index (χ3v) is 7.20. The van der Waals surface area contributed by atoms with Gasteiger partial charge in [-0.25, -0.2) is 8.42 Å².